The van der Waals surface area contributed by atoms with Crippen LogP contribution in [0.5, 0.6) is 0 Å². The van der Waals surface area contributed by atoms with Crippen molar-refractivity contribution in [1.29, 1.82) is 0 Å². The van der Waals surface area contributed by atoms with Crippen LogP contribution in [0.2, 0.25) is 5.02 Å². The van der Waals surface area contributed by atoms with E-state index in [0.717, 1.165) is 15.6 Å². The molecule has 0 saturated carbocycles. The standard InChI is InChI=1S/C25H17BrClNO3/c26-17-8-6-16(7-9-17)22-21-23(29)19-14-18(27)10-11-20(19)31-24(21)25(30)28(22)13-12-15-4-2-1-3-5-15/h1-11,14,22H,12-13H2. The molecule has 1 unspecified atom stereocenters. The van der Waals surface area contributed by atoms with Crippen molar-refractivity contribution in [3.8, 4) is 0 Å². The summed E-state index contributed by atoms with van der Waals surface area (Å²) in [7, 11) is 0. The van der Waals surface area contributed by atoms with Crippen molar-refractivity contribution in [3.05, 3.63) is 115 Å². The molecule has 0 radical (unpaired) electrons. The SMILES string of the molecule is O=C1c2oc3ccc(Cl)cc3c(=O)c2C(c2ccc(Br)cc2)N1CCc1ccccc1. The van der Waals surface area contributed by atoms with Gasteiger partial charge in [0.05, 0.1) is 17.0 Å². The maximum Gasteiger partial charge on any atom is 0.290 e. The van der Waals surface area contributed by atoms with E-state index >= 15 is 0 Å². The smallest absolute Gasteiger partial charge is 0.290 e. The summed E-state index contributed by atoms with van der Waals surface area (Å²) in [6, 6.07) is 22.0. The Bertz CT molecular complexity index is 1350. The van der Waals surface area contributed by atoms with E-state index in [1.807, 2.05) is 54.6 Å². The Kier molecular flexibility index (Phi) is 5.16. The fraction of sp³-hybridized carbons (Fsp3) is 0.120. The van der Waals surface area contributed by atoms with Gasteiger partial charge in [-0.25, -0.2) is 0 Å². The third kappa shape index (κ3) is 3.58. The number of nitrogens with zero attached hydrogens (tertiary/aromatic N) is 1. The number of carbonyl (C=O) groups excluding carboxylic acids is 1. The third-order valence-corrected chi connectivity index (χ3v) is 6.36. The predicted molar refractivity (Wildman–Crippen MR) is 125 cm³/mol. The molecule has 0 saturated heterocycles. The van der Waals surface area contributed by atoms with Gasteiger partial charge in [-0.05, 0) is 47.9 Å². The van der Waals surface area contributed by atoms with E-state index in [2.05, 4.69) is 15.9 Å². The molecule has 6 heteroatoms. The van der Waals surface area contributed by atoms with Crippen molar-refractivity contribution in [2.24, 2.45) is 0 Å². The molecule has 5 rings (SSSR count). The van der Waals surface area contributed by atoms with Crippen molar-refractivity contribution in [1.82, 2.24) is 4.90 Å². The summed E-state index contributed by atoms with van der Waals surface area (Å²) in [5, 5.41) is 0.830. The first-order valence-corrected chi connectivity index (χ1v) is 11.1. The highest BCUT2D eigenvalue weighted by molar-refractivity contribution is 9.10. The van der Waals surface area contributed by atoms with E-state index in [4.69, 9.17) is 16.0 Å². The number of halogens is 2. The zero-order chi connectivity index (χ0) is 21.5. The second-order valence-corrected chi connectivity index (χ2v) is 8.85. The maximum atomic E-state index is 13.5. The van der Waals surface area contributed by atoms with E-state index in [-0.39, 0.29) is 17.1 Å². The summed E-state index contributed by atoms with van der Waals surface area (Å²) < 4.78 is 6.88. The number of hydrogen-bond donors (Lipinski definition) is 0. The van der Waals surface area contributed by atoms with Gasteiger partial charge in [-0.15, -0.1) is 0 Å². The van der Waals surface area contributed by atoms with Gasteiger partial charge in [0.15, 0.2) is 5.43 Å². The molecule has 4 aromatic rings. The first kappa shape index (κ1) is 20.0. The van der Waals surface area contributed by atoms with Gasteiger partial charge in [-0.1, -0.05) is 70.0 Å². The molecule has 154 valence electrons. The number of fused-ring (bicyclic) bond motifs is 2. The average Bonchev–Trinajstić information content (AvgIpc) is 3.06. The van der Waals surface area contributed by atoms with Crippen LogP contribution < -0.4 is 5.43 Å². The molecule has 0 aliphatic carbocycles. The van der Waals surface area contributed by atoms with E-state index in [1.165, 1.54) is 0 Å². The van der Waals surface area contributed by atoms with Crippen LogP contribution in [0.3, 0.4) is 0 Å². The van der Waals surface area contributed by atoms with Crippen molar-refractivity contribution >= 4 is 44.4 Å². The second-order valence-electron chi connectivity index (χ2n) is 7.50. The first-order chi connectivity index (χ1) is 15.0. The van der Waals surface area contributed by atoms with Gasteiger partial charge < -0.3 is 9.32 Å². The topological polar surface area (TPSA) is 50.5 Å². The first-order valence-electron chi connectivity index (χ1n) is 9.89. The van der Waals surface area contributed by atoms with Gasteiger partial charge >= 0.3 is 0 Å². The predicted octanol–water partition coefficient (Wildman–Crippen LogP) is 6.00. The van der Waals surface area contributed by atoms with Gasteiger partial charge in [0, 0.05) is 16.0 Å². The van der Waals surface area contributed by atoms with Crippen molar-refractivity contribution in [2.75, 3.05) is 6.54 Å². The summed E-state index contributed by atoms with van der Waals surface area (Å²) in [6.45, 7) is 0.463. The minimum Gasteiger partial charge on any atom is -0.450 e. The lowest BCUT2D eigenvalue weighted by molar-refractivity contribution is 0.0730. The fourth-order valence-electron chi connectivity index (χ4n) is 4.11. The molecule has 4 nitrogen and oxygen atoms in total. The Labute approximate surface area is 192 Å². The Morgan fingerprint density at radius 3 is 2.45 bits per heavy atom. The zero-order valence-electron chi connectivity index (χ0n) is 16.3. The summed E-state index contributed by atoms with van der Waals surface area (Å²) in [5.41, 5.74) is 2.49. The molecule has 1 aliphatic heterocycles. The molecule has 0 bridgehead atoms. The average molecular weight is 495 g/mol. The number of rotatable bonds is 4. The highest BCUT2D eigenvalue weighted by Gasteiger charge is 2.42. The number of amides is 1. The molecule has 1 amide bonds. The normalized spacial score (nSPS) is 15.5. The summed E-state index contributed by atoms with van der Waals surface area (Å²) in [5.74, 6) is -0.159. The largest absolute Gasteiger partial charge is 0.450 e. The van der Waals surface area contributed by atoms with Crippen LogP contribution in [0.4, 0.5) is 0 Å². The molecule has 31 heavy (non-hydrogen) atoms. The van der Waals surface area contributed by atoms with Crippen molar-refractivity contribution in [2.45, 2.75) is 12.5 Å². The molecule has 1 aromatic heterocycles. The molecule has 0 fully saturated rings. The third-order valence-electron chi connectivity index (χ3n) is 5.60. The molecule has 1 aliphatic rings. The summed E-state index contributed by atoms with van der Waals surface area (Å²) in [4.78, 5) is 28.6. The van der Waals surface area contributed by atoms with Gasteiger partial charge in [0.1, 0.15) is 5.58 Å². The molecule has 2 heterocycles. The van der Waals surface area contributed by atoms with E-state index in [1.54, 1.807) is 23.1 Å². The quantitative estimate of drug-likeness (QED) is 0.350. The highest BCUT2D eigenvalue weighted by Crippen LogP contribution is 2.38. The van der Waals surface area contributed by atoms with Crippen LogP contribution in [0.1, 0.15) is 33.3 Å². The minimum atomic E-state index is -0.515. The van der Waals surface area contributed by atoms with Crippen LogP contribution >= 0.6 is 27.5 Å². The molecule has 3 aromatic carbocycles. The van der Waals surface area contributed by atoms with Crippen molar-refractivity contribution in [3.63, 3.8) is 0 Å². The number of benzene rings is 3. The van der Waals surface area contributed by atoms with Crippen LogP contribution in [0.15, 0.2) is 86.5 Å². The summed E-state index contributed by atoms with van der Waals surface area (Å²) in [6.07, 6.45) is 0.674. The molecular weight excluding hydrogens is 478 g/mol. The Morgan fingerprint density at radius 1 is 0.968 bits per heavy atom. The maximum absolute atomic E-state index is 13.5. The molecule has 0 N–H and O–H groups in total. The summed E-state index contributed by atoms with van der Waals surface area (Å²) >= 11 is 9.58. The Morgan fingerprint density at radius 2 is 1.71 bits per heavy atom. The van der Waals surface area contributed by atoms with Gasteiger partial charge in [-0.2, -0.15) is 0 Å². The van der Waals surface area contributed by atoms with E-state index in [9.17, 15) is 9.59 Å². The lowest BCUT2D eigenvalue weighted by atomic mass is 9.98. The van der Waals surface area contributed by atoms with E-state index < -0.39 is 6.04 Å². The number of carbonyl (C=O) groups is 1. The minimum absolute atomic E-state index is 0.112. The van der Waals surface area contributed by atoms with Crippen molar-refractivity contribution < 1.29 is 9.21 Å². The van der Waals surface area contributed by atoms with Gasteiger partial charge in [0.2, 0.25) is 5.76 Å². The van der Waals surface area contributed by atoms with Gasteiger partial charge in [-0.3, -0.25) is 9.59 Å². The van der Waals surface area contributed by atoms with E-state index in [0.29, 0.717) is 34.5 Å². The lowest BCUT2D eigenvalue weighted by Crippen LogP contribution is -2.31. The number of hydrogen-bond acceptors (Lipinski definition) is 3. The Hall–Kier alpha value is -2.89. The van der Waals surface area contributed by atoms with Crippen LogP contribution in [-0.4, -0.2) is 17.4 Å². The second kappa shape index (κ2) is 7.98. The molecular formula is C25H17BrClNO3. The molecule has 1 atom stereocenters. The van der Waals surface area contributed by atoms with Crippen LogP contribution in [0.25, 0.3) is 11.0 Å². The molecule has 0 spiro atoms. The monoisotopic (exact) mass is 493 g/mol. The highest BCUT2D eigenvalue weighted by atomic mass is 79.9. The lowest BCUT2D eigenvalue weighted by Gasteiger charge is -2.25. The Balaban J connectivity index is 1.66. The van der Waals surface area contributed by atoms with Crippen LogP contribution in [-0.2, 0) is 6.42 Å². The zero-order valence-corrected chi connectivity index (χ0v) is 18.7. The van der Waals surface area contributed by atoms with Crippen LogP contribution in [0, 0.1) is 0 Å². The van der Waals surface area contributed by atoms with Gasteiger partial charge in [0.25, 0.3) is 5.91 Å². The fourth-order valence-corrected chi connectivity index (χ4v) is 4.55.